The Balaban J connectivity index is 1.85. The summed E-state index contributed by atoms with van der Waals surface area (Å²) >= 11 is 0. The van der Waals surface area contributed by atoms with Gasteiger partial charge in [0.1, 0.15) is 6.54 Å². The molecule has 1 aromatic carbocycles. The van der Waals surface area contributed by atoms with Crippen LogP contribution in [-0.4, -0.2) is 23.7 Å². The minimum absolute atomic E-state index is 0.101. The van der Waals surface area contributed by atoms with E-state index in [9.17, 15) is 18.0 Å². The minimum atomic E-state index is -4.44. The highest BCUT2D eigenvalue weighted by Gasteiger charge is 2.27. The number of benzene rings is 1. The summed E-state index contributed by atoms with van der Waals surface area (Å²) in [5, 5.41) is 3.92. The van der Waals surface area contributed by atoms with E-state index in [0.29, 0.717) is 5.76 Å². The van der Waals surface area contributed by atoms with Crippen molar-refractivity contribution in [3.05, 3.63) is 42.4 Å². The van der Waals surface area contributed by atoms with Crippen LogP contribution in [0.2, 0.25) is 0 Å². The lowest BCUT2D eigenvalue weighted by molar-refractivity contribution is -0.122. The van der Waals surface area contributed by atoms with Gasteiger partial charge in [-0.25, -0.2) is 9.78 Å². The van der Waals surface area contributed by atoms with Crippen LogP contribution in [0.3, 0.4) is 0 Å². The van der Waals surface area contributed by atoms with Crippen LogP contribution in [0.15, 0.2) is 40.9 Å². The Morgan fingerprint density at radius 3 is 2.57 bits per heavy atom. The number of alkyl halides is 3. The number of hydrogen-bond donors (Lipinski definition) is 2. The van der Waals surface area contributed by atoms with E-state index >= 15 is 0 Å². The van der Waals surface area contributed by atoms with Gasteiger partial charge in [0.25, 0.3) is 0 Å². The molecule has 5 nitrogen and oxygen atoms in total. The molecule has 2 rings (SSSR count). The van der Waals surface area contributed by atoms with Crippen molar-refractivity contribution >= 4 is 6.03 Å². The molecule has 1 aromatic heterocycles. The number of halogens is 3. The van der Waals surface area contributed by atoms with Crippen LogP contribution in [0, 0.1) is 0 Å². The van der Waals surface area contributed by atoms with Gasteiger partial charge < -0.3 is 15.1 Å². The molecule has 0 fully saturated rings. The maximum absolute atomic E-state index is 11.9. The number of oxazole rings is 1. The molecular formula is C13H12F3N3O2. The molecule has 0 aliphatic rings. The Kier molecular flexibility index (Phi) is 4.46. The highest BCUT2D eigenvalue weighted by atomic mass is 19.4. The highest BCUT2D eigenvalue weighted by molar-refractivity contribution is 5.73. The molecule has 21 heavy (non-hydrogen) atoms. The molecule has 0 saturated heterocycles. The normalized spacial score (nSPS) is 11.2. The molecule has 8 heteroatoms. The minimum Gasteiger partial charge on any atom is -0.439 e. The topological polar surface area (TPSA) is 67.2 Å². The predicted octanol–water partition coefficient (Wildman–Crippen LogP) is 2.70. The van der Waals surface area contributed by atoms with Gasteiger partial charge in [0.15, 0.2) is 5.76 Å². The third-order valence-electron chi connectivity index (χ3n) is 2.46. The largest absolute Gasteiger partial charge is 0.439 e. The predicted molar refractivity (Wildman–Crippen MR) is 68.2 cm³/mol. The summed E-state index contributed by atoms with van der Waals surface area (Å²) in [4.78, 5) is 15.1. The van der Waals surface area contributed by atoms with Crippen LogP contribution in [-0.2, 0) is 6.54 Å². The maximum atomic E-state index is 11.9. The lowest BCUT2D eigenvalue weighted by Crippen LogP contribution is -2.40. The molecule has 0 aliphatic carbocycles. The monoisotopic (exact) mass is 299 g/mol. The summed E-state index contributed by atoms with van der Waals surface area (Å²) in [6.45, 7) is -1.49. The summed E-state index contributed by atoms with van der Waals surface area (Å²) in [5.41, 5.74) is 0.817. The first kappa shape index (κ1) is 14.9. The lowest BCUT2D eigenvalue weighted by atomic mass is 10.2. The second-order valence-corrected chi connectivity index (χ2v) is 4.14. The zero-order chi connectivity index (χ0) is 15.3. The van der Waals surface area contributed by atoms with Gasteiger partial charge >= 0.3 is 12.2 Å². The lowest BCUT2D eigenvalue weighted by Gasteiger charge is -2.08. The smallest absolute Gasteiger partial charge is 0.405 e. The zero-order valence-corrected chi connectivity index (χ0v) is 10.8. The third kappa shape index (κ3) is 4.83. The molecule has 0 unspecified atom stereocenters. The van der Waals surface area contributed by atoms with Crippen molar-refractivity contribution in [2.24, 2.45) is 0 Å². The van der Waals surface area contributed by atoms with E-state index in [1.165, 1.54) is 6.20 Å². The van der Waals surface area contributed by atoms with Crippen molar-refractivity contribution < 1.29 is 22.4 Å². The molecule has 2 aromatic rings. The van der Waals surface area contributed by atoms with Gasteiger partial charge in [-0.3, -0.25) is 0 Å². The molecule has 112 valence electrons. The number of carbonyl (C=O) groups is 1. The van der Waals surface area contributed by atoms with Crippen LogP contribution >= 0.6 is 0 Å². The number of carbonyl (C=O) groups excluding carboxylic acids is 1. The Bertz CT molecular complexity index is 596. The molecule has 2 amide bonds. The number of hydrogen-bond acceptors (Lipinski definition) is 3. The van der Waals surface area contributed by atoms with Crippen molar-refractivity contribution in [2.45, 2.75) is 12.7 Å². The second kappa shape index (κ2) is 6.29. The Morgan fingerprint density at radius 2 is 1.90 bits per heavy atom. The van der Waals surface area contributed by atoms with E-state index in [0.717, 1.165) is 5.56 Å². The number of nitrogens with one attached hydrogen (secondary N) is 2. The number of amides is 2. The Hall–Kier alpha value is -2.51. The van der Waals surface area contributed by atoms with Crippen molar-refractivity contribution in [1.29, 1.82) is 0 Å². The average molecular weight is 299 g/mol. The van der Waals surface area contributed by atoms with Gasteiger partial charge in [0, 0.05) is 5.56 Å². The third-order valence-corrected chi connectivity index (χ3v) is 2.46. The van der Waals surface area contributed by atoms with Gasteiger partial charge in [0.05, 0.1) is 12.7 Å². The van der Waals surface area contributed by atoms with E-state index in [1.54, 1.807) is 5.32 Å². The van der Waals surface area contributed by atoms with Gasteiger partial charge in [-0.05, 0) is 0 Å². The van der Waals surface area contributed by atoms with Crippen LogP contribution in [0.1, 0.15) is 5.89 Å². The van der Waals surface area contributed by atoms with Gasteiger partial charge in [-0.1, -0.05) is 30.3 Å². The molecule has 0 spiro atoms. The fourth-order valence-electron chi connectivity index (χ4n) is 1.53. The van der Waals surface area contributed by atoms with Crippen molar-refractivity contribution in [3.8, 4) is 11.3 Å². The summed E-state index contributed by atoms with van der Waals surface area (Å²) in [6, 6.07) is 8.24. The van der Waals surface area contributed by atoms with Gasteiger partial charge in [-0.15, -0.1) is 0 Å². The molecule has 2 N–H and O–H groups in total. The van der Waals surface area contributed by atoms with Gasteiger partial charge in [-0.2, -0.15) is 13.2 Å². The quantitative estimate of drug-likeness (QED) is 0.912. The first-order chi connectivity index (χ1) is 9.94. The second-order valence-electron chi connectivity index (χ2n) is 4.14. The molecule has 0 atom stereocenters. The van der Waals surface area contributed by atoms with Gasteiger partial charge in [0.2, 0.25) is 5.89 Å². The van der Waals surface area contributed by atoms with Crippen LogP contribution in [0.5, 0.6) is 0 Å². The summed E-state index contributed by atoms with van der Waals surface area (Å²) < 4.78 is 41.1. The molecular weight excluding hydrogens is 287 g/mol. The van der Waals surface area contributed by atoms with E-state index in [4.69, 9.17) is 4.42 Å². The Morgan fingerprint density at radius 1 is 1.19 bits per heavy atom. The fraction of sp³-hybridized carbons (Fsp3) is 0.231. The molecule has 0 radical (unpaired) electrons. The molecule has 0 aliphatic heterocycles. The summed E-state index contributed by atoms with van der Waals surface area (Å²) in [5.74, 6) is 0.721. The highest BCUT2D eigenvalue weighted by Crippen LogP contribution is 2.19. The number of urea groups is 1. The molecule has 1 heterocycles. The standard InChI is InChI=1S/C13H12F3N3O2/c14-13(15,16)8-19-12(20)18-7-11-17-6-10(21-11)9-4-2-1-3-5-9/h1-6H,7-8H2,(H2,18,19,20). The average Bonchev–Trinajstić information content (AvgIpc) is 2.92. The van der Waals surface area contributed by atoms with Crippen LogP contribution in [0.4, 0.5) is 18.0 Å². The molecule has 0 saturated carbocycles. The summed E-state index contributed by atoms with van der Waals surface area (Å²) in [6.07, 6.45) is -2.96. The van der Waals surface area contributed by atoms with E-state index in [2.05, 4.69) is 10.3 Å². The van der Waals surface area contributed by atoms with Crippen molar-refractivity contribution in [3.63, 3.8) is 0 Å². The van der Waals surface area contributed by atoms with Crippen LogP contribution in [0.25, 0.3) is 11.3 Å². The molecule has 0 bridgehead atoms. The Labute approximate surface area is 118 Å². The number of rotatable bonds is 4. The van der Waals surface area contributed by atoms with E-state index in [1.807, 2.05) is 30.3 Å². The first-order valence-corrected chi connectivity index (χ1v) is 6.02. The van der Waals surface area contributed by atoms with Crippen molar-refractivity contribution in [1.82, 2.24) is 15.6 Å². The summed E-state index contributed by atoms with van der Waals surface area (Å²) in [7, 11) is 0. The maximum Gasteiger partial charge on any atom is 0.405 e. The fourth-order valence-corrected chi connectivity index (χ4v) is 1.53. The zero-order valence-electron chi connectivity index (χ0n) is 10.8. The SMILES string of the molecule is O=C(NCc1ncc(-c2ccccc2)o1)NCC(F)(F)F. The number of aromatic nitrogens is 1. The van der Waals surface area contributed by atoms with Crippen molar-refractivity contribution in [2.75, 3.05) is 6.54 Å². The van der Waals surface area contributed by atoms with E-state index < -0.39 is 18.8 Å². The van der Waals surface area contributed by atoms with Crippen LogP contribution < -0.4 is 10.6 Å². The number of nitrogens with zero attached hydrogens (tertiary/aromatic N) is 1. The van der Waals surface area contributed by atoms with E-state index in [-0.39, 0.29) is 12.4 Å². The first-order valence-electron chi connectivity index (χ1n) is 6.02.